The summed E-state index contributed by atoms with van der Waals surface area (Å²) in [6, 6.07) is 0. The molecule has 15 heavy (non-hydrogen) atoms. The van der Waals surface area contributed by atoms with Crippen LogP contribution in [0.1, 0.15) is 32.6 Å². The zero-order valence-corrected chi connectivity index (χ0v) is 8.67. The largest absolute Gasteiger partial charge is 0.356 e. The Labute approximate surface area is 88.2 Å². The van der Waals surface area contributed by atoms with Crippen molar-refractivity contribution in [1.29, 1.82) is 0 Å². The molecule has 1 amide bonds. The molecule has 0 saturated carbocycles. The number of carbonyl (C=O) groups excluding carboxylic acids is 4. The first-order valence-electron chi connectivity index (χ1n) is 4.69. The highest BCUT2D eigenvalue weighted by molar-refractivity contribution is 5.92. The highest BCUT2D eigenvalue weighted by Crippen LogP contribution is 1.97. The van der Waals surface area contributed by atoms with Crippen LogP contribution in [0.5, 0.6) is 0 Å². The lowest BCUT2D eigenvalue weighted by Gasteiger charge is -2.00. The number of rotatable bonds is 8. The third kappa shape index (κ3) is 8.80. The first kappa shape index (κ1) is 13.5. The van der Waals surface area contributed by atoms with Gasteiger partial charge in [-0.1, -0.05) is 0 Å². The molecule has 0 atom stereocenters. The number of hydrogen-bond donors (Lipinski definition) is 1. The van der Waals surface area contributed by atoms with Crippen LogP contribution in [0.3, 0.4) is 0 Å². The molecule has 0 fully saturated rings. The fourth-order valence-corrected chi connectivity index (χ4v) is 0.951. The molecule has 0 saturated heterocycles. The van der Waals surface area contributed by atoms with E-state index in [4.69, 9.17) is 0 Å². The van der Waals surface area contributed by atoms with Crippen LogP contribution in [0.15, 0.2) is 0 Å². The average molecular weight is 212 g/mol. The Hall–Kier alpha value is -1.52. The molecule has 0 aliphatic heterocycles. The lowest BCUT2D eigenvalue weighted by atomic mass is 10.1. The predicted molar refractivity (Wildman–Crippen MR) is 52.9 cm³/mol. The molecule has 0 aliphatic rings. The van der Waals surface area contributed by atoms with Crippen molar-refractivity contribution in [3.05, 3.63) is 0 Å². The maximum atomic E-state index is 11.1. The lowest BCUT2D eigenvalue weighted by molar-refractivity contribution is -0.124. The van der Waals surface area contributed by atoms with Crippen molar-refractivity contribution < 1.29 is 19.2 Å². The van der Waals surface area contributed by atoms with E-state index < -0.39 is 0 Å². The third-order valence-electron chi connectivity index (χ3n) is 1.73. The maximum absolute atomic E-state index is 11.1. The van der Waals surface area contributed by atoms with Crippen molar-refractivity contribution in [2.75, 3.05) is 6.54 Å². The normalized spacial score (nSPS) is 9.40. The summed E-state index contributed by atoms with van der Waals surface area (Å²) in [5.74, 6) is -0.560. The predicted octanol–water partition coefficient (Wildman–Crippen LogP) is -0.0692. The van der Waals surface area contributed by atoms with Crippen molar-refractivity contribution in [2.24, 2.45) is 0 Å². The topological polar surface area (TPSA) is 80.3 Å². The number of carbonyl (C=O) groups is 3. The van der Waals surface area contributed by atoms with E-state index in [0.29, 0.717) is 6.54 Å². The van der Waals surface area contributed by atoms with Gasteiger partial charge in [-0.2, -0.15) is 0 Å². The van der Waals surface area contributed by atoms with Crippen molar-refractivity contribution in [3.63, 3.8) is 0 Å². The van der Waals surface area contributed by atoms with E-state index in [0.717, 1.165) is 0 Å². The molecule has 1 radical (unpaired) electrons. The first-order valence-corrected chi connectivity index (χ1v) is 4.69. The molecular formula is C10H14NO4. The van der Waals surface area contributed by atoms with Crippen LogP contribution in [0, 0.1) is 0 Å². The minimum Gasteiger partial charge on any atom is -0.356 e. The zero-order valence-electron chi connectivity index (χ0n) is 8.67. The summed E-state index contributed by atoms with van der Waals surface area (Å²) < 4.78 is 0. The molecule has 0 aromatic carbocycles. The Morgan fingerprint density at radius 2 is 1.67 bits per heavy atom. The number of amides is 1. The summed E-state index contributed by atoms with van der Waals surface area (Å²) >= 11 is 0. The van der Waals surface area contributed by atoms with Crippen LogP contribution in [0.4, 0.5) is 0 Å². The van der Waals surface area contributed by atoms with Crippen molar-refractivity contribution in [3.8, 4) is 0 Å². The van der Waals surface area contributed by atoms with Crippen molar-refractivity contribution in [1.82, 2.24) is 5.32 Å². The molecule has 0 spiro atoms. The second-order valence-corrected chi connectivity index (χ2v) is 3.13. The fourth-order valence-electron chi connectivity index (χ4n) is 0.951. The number of Topliss-reactive ketones (excluding diaryl/α,β-unsaturated/α-hetero) is 2. The summed E-state index contributed by atoms with van der Waals surface area (Å²) in [5.41, 5.74) is 0. The molecule has 83 valence electrons. The smallest absolute Gasteiger partial charge is 0.216 e. The second kappa shape index (κ2) is 7.84. The Morgan fingerprint density at radius 3 is 2.20 bits per heavy atom. The van der Waals surface area contributed by atoms with Gasteiger partial charge in [0, 0.05) is 32.7 Å². The van der Waals surface area contributed by atoms with Crippen molar-refractivity contribution >= 4 is 23.8 Å². The molecule has 5 heteroatoms. The SMILES string of the molecule is CC(=O)NCCC(=O)CCC(=O)C[C]=O. The Bertz CT molecular complexity index is 260. The quantitative estimate of drug-likeness (QED) is 0.571. The second-order valence-electron chi connectivity index (χ2n) is 3.13. The summed E-state index contributed by atoms with van der Waals surface area (Å²) in [4.78, 5) is 42.3. The molecule has 0 aliphatic carbocycles. The van der Waals surface area contributed by atoms with E-state index in [-0.39, 0.29) is 43.2 Å². The molecule has 0 bridgehead atoms. The van der Waals surface area contributed by atoms with Gasteiger partial charge < -0.3 is 5.32 Å². The van der Waals surface area contributed by atoms with Gasteiger partial charge in [0.1, 0.15) is 11.6 Å². The van der Waals surface area contributed by atoms with Crippen molar-refractivity contribution in [2.45, 2.75) is 32.6 Å². The van der Waals surface area contributed by atoms with Crippen LogP contribution in [0.25, 0.3) is 0 Å². The van der Waals surface area contributed by atoms with Gasteiger partial charge >= 0.3 is 0 Å². The van der Waals surface area contributed by atoms with Gasteiger partial charge in [0.25, 0.3) is 0 Å². The molecule has 1 N–H and O–H groups in total. The third-order valence-corrected chi connectivity index (χ3v) is 1.73. The summed E-state index contributed by atoms with van der Waals surface area (Å²) in [5, 5.41) is 2.48. The van der Waals surface area contributed by atoms with Crippen LogP contribution in [0.2, 0.25) is 0 Å². The van der Waals surface area contributed by atoms with Gasteiger partial charge in [-0.05, 0) is 0 Å². The van der Waals surface area contributed by atoms with Gasteiger partial charge in [-0.15, -0.1) is 0 Å². The van der Waals surface area contributed by atoms with Gasteiger partial charge in [-0.25, -0.2) is 0 Å². The highest BCUT2D eigenvalue weighted by Gasteiger charge is 2.06. The summed E-state index contributed by atoms with van der Waals surface area (Å²) in [6.45, 7) is 1.66. The Morgan fingerprint density at radius 1 is 1.07 bits per heavy atom. The Balaban J connectivity index is 3.53. The van der Waals surface area contributed by atoms with E-state index in [2.05, 4.69) is 5.32 Å². The van der Waals surface area contributed by atoms with E-state index in [9.17, 15) is 19.2 Å². The van der Waals surface area contributed by atoms with E-state index in [1.165, 1.54) is 13.2 Å². The molecule has 0 aromatic rings. The molecule has 0 heterocycles. The monoisotopic (exact) mass is 212 g/mol. The first-order chi connectivity index (χ1) is 7.06. The van der Waals surface area contributed by atoms with Gasteiger partial charge in [-0.3, -0.25) is 19.2 Å². The minimum atomic E-state index is -0.280. The van der Waals surface area contributed by atoms with Crippen LogP contribution < -0.4 is 5.32 Å². The van der Waals surface area contributed by atoms with Crippen LogP contribution >= 0.6 is 0 Å². The van der Waals surface area contributed by atoms with Gasteiger partial charge in [0.05, 0.1) is 6.42 Å². The minimum absolute atomic E-state index is 0.0775. The molecular weight excluding hydrogens is 198 g/mol. The molecule has 0 aromatic heterocycles. The lowest BCUT2D eigenvalue weighted by Crippen LogP contribution is -2.23. The van der Waals surface area contributed by atoms with Crippen LogP contribution in [-0.2, 0) is 19.2 Å². The van der Waals surface area contributed by atoms with E-state index in [1.54, 1.807) is 0 Å². The zero-order chi connectivity index (χ0) is 11.7. The molecule has 5 nitrogen and oxygen atoms in total. The maximum Gasteiger partial charge on any atom is 0.216 e. The molecule has 0 unspecified atom stereocenters. The number of nitrogens with one attached hydrogen (secondary N) is 1. The summed E-state index contributed by atoms with van der Waals surface area (Å²) in [7, 11) is 0. The Kier molecular flexibility index (Phi) is 7.05. The van der Waals surface area contributed by atoms with Gasteiger partial charge in [0.2, 0.25) is 12.2 Å². The average Bonchev–Trinajstić information content (AvgIpc) is 2.14. The standard InChI is InChI=1S/C10H14NO4/c1-8(13)11-6-4-9(14)2-3-10(15)5-7-12/h2-6H2,1H3,(H,11,13). The van der Waals surface area contributed by atoms with Gasteiger partial charge in [0.15, 0.2) is 0 Å². The summed E-state index contributed by atoms with van der Waals surface area (Å²) in [6.07, 6.45) is 1.65. The van der Waals surface area contributed by atoms with E-state index >= 15 is 0 Å². The number of hydrogen-bond acceptors (Lipinski definition) is 4. The highest BCUT2D eigenvalue weighted by atomic mass is 16.2. The number of ketones is 2. The van der Waals surface area contributed by atoms with Crippen LogP contribution in [-0.4, -0.2) is 30.3 Å². The van der Waals surface area contributed by atoms with E-state index in [1.807, 2.05) is 0 Å². The fraction of sp³-hybridized carbons (Fsp3) is 0.600. The molecule has 0 rings (SSSR count).